The minimum absolute atomic E-state index is 0.388. The van der Waals surface area contributed by atoms with Crippen molar-refractivity contribution in [2.75, 3.05) is 11.9 Å². The molecule has 0 aliphatic rings. The van der Waals surface area contributed by atoms with E-state index in [1.165, 1.54) is 0 Å². The fourth-order valence-corrected chi connectivity index (χ4v) is 2.69. The summed E-state index contributed by atoms with van der Waals surface area (Å²) in [5, 5.41) is 11.6. The van der Waals surface area contributed by atoms with Crippen molar-refractivity contribution in [2.45, 2.75) is 39.7 Å². The fraction of sp³-hybridized carbons (Fsp3) is 0.318. The van der Waals surface area contributed by atoms with Crippen molar-refractivity contribution in [3.8, 4) is 11.8 Å². The average molecular weight is 380 g/mol. The van der Waals surface area contributed by atoms with Gasteiger partial charge in [0.15, 0.2) is 12.7 Å². The summed E-state index contributed by atoms with van der Waals surface area (Å²) in [5.74, 6) is -0.592. The Morgan fingerprint density at radius 1 is 1.07 bits per heavy atom. The monoisotopic (exact) mass is 380 g/mol. The number of nitrogens with one attached hydrogen (secondary N) is 1. The van der Waals surface area contributed by atoms with Gasteiger partial charge in [0.2, 0.25) is 0 Å². The Morgan fingerprint density at radius 3 is 2.21 bits per heavy atom. The zero-order valence-electron chi connectivity index (χ0n) is 16.3. The van der Waals surface area contributed by atoms with Gasteiger partial charge in [-0.1, -0.05) is 32.0 Å². The summed E-state index contributed by atoms with van der Waals surface area (Å²) >= 11 is 0. The van der Waals surface area contributed by atoms with Gasteiger partial charge in [0, 0.05) is 5.69 Å². The Bertz CT molecular complexity index is 847. The SMILES string of the molecule is CCc1cccc(CC)c1NC(=O)COC(=O)[C@@H](C)Oc1ccc(C#N)cc1. The van der Waals surface area contributed by atoms with Crippen LogP contribution in [-0.4, -0.2) is 24.6 Å². The molecule has 0 spiro atoms. The highest BCUT2D eigenvalue weighted by molar-refractivity contribution is 5.94. The number of nitrogens with zero attached hydrogens (tertiary/aromatic N) is 1. The van der Waals surface area contributed by atoms with Crippen LogP contribution in [0.3, 0.4) is 0 Å². The minimum atomic E-state index is -0.880. The second-order valence-corrected chi connectivity index (χ2v) is 6.21. The number of para-hydroxylation sites is 1. The largest absolute Gasteiger partial charge is 0.479 e. The lowest BCUT2D eigenvalue weighted by Gasteiger charge is -2.16. The van der Waals surface area contributed by atoms with Gasteiger partial charge in [0.05, 0.1) is 11.6 Å². The molecule has 146 valence electrons. The smallest absolute Gasteiger partial charge is 0.347 e. The zero-order chi connectivity index (χ0) is 20.5. The molecular formula is C22H24N2O4. The van der Waals surface area contributed by atoms with E-state index in [4.69, 9.17) is 14.7 Å². The van der Waals surface area contributed by atoms with Crippen LogP contribution in [0.2, 0.25) is 0 Å². The van der Waals surface area contributed by atoms with Crippen molar-refractivity contribution in [3.63, 3.8) is 0 Å². The van der Waals surface area contributed by atoms with Crippen molar-refractivity contribution >= 4 is 17.6 Å². The summed E-state index contributed by atoms with van der Waals surface area (Å²) in [4.78, 5) is 24.3. The number of ether oxygens (including phenoxy) is 2. The van der Waals surface area contributed by atoms with Gasteiger partial charge in [-0.3, -0.25) is 4.79 Å². The molecule has 0 saturated heterocycles. The molecule has 6 nitrogen and oxygen atoms in total. The molecule has 0 fully saturated rings. The quantitative estimate of drug-likeness (QED) is 0.707. The maximum Gasteiger partial charge on any atom is 0.347 e. The van der Waals surface area contributed by atoms with Crippen molar-refractivity contribution < 1.29 is 19.1 Å². The number of nitriles is 1. The molecule has 28 heavy (non-hydrogen) atoms. The Kier molecular flexibility index (Phi) is 7.58. The first-order chi connectivity index (χ1) is 13.5. The lowest BCUT2D eigenvalue weighted by molar-refractivity contribution is -0.153. The predicted octanol–water partition coefficient (Wildman–Crippen LogP) is 3.63. The second-order valence-electron chi connectivity index (χ2n) is 6.21. The third kappa shape index (κ3) is 5.58. The predicted molar refractivity (Wildman–Crippen MR) is 106 cm³/mol. The van der Waals surface area contributed by atoms with Crippen molar-refractivity contribution in [2.24, 2.45) is 0 Å². The van der Waals surface area contributed by atoms with E-state index in [0.717, 1.165) is 29.7 Å². The van der Waals surface area contributed by atoms with Gasteiger partial charge in [-0.15, -0.1) is 0 Å². The molecular weight excluding hydrogens is 356 g/mol. The number of carbonyl (C=O) groups excluding carboxylic acids is 2. The Balaban J connectivity index is 1.90. The van der Waals surface area contributed by atoms with Crippen LogP contribution in [-0.2, 0) is 27.2 Å². The molecule has 1 N–H and O–H groups in total. The summed E-state index contributed by atoms with van der Waals surface area (Å²) in [7, 11) is 0. The molecule has 2 aromatic carbocycles. The summed E-state index contributed by atoms with van der Waals surface area (Å²) in [6, 6.07) is 14.3. The topological polar surface area (TPSA) is 88.4 Å². The van der Waals surface area contributed by atoms with Crippen LogP contribution in [0, 0.1) is 11.3 Å². The summed E-state index contributed by atoms with van der Waals surface area (Å²) in [5.41, 5.74) is 3.36. The van der Waals surface area contributed by atoms with E-state index in [2.05, 4.69) is 5.32 Å². The van der Waals surface area contributed by atoms with Crippen LogP contribution in [0.4, 0.5) is 5.69 Å². The third-order valence-corrected chi connectivity index (χ3v) is 4.24. The molecule has 0 aliphatic heterocycles. The molecule has 2 rings (SSSR count). The van der Waals surface area contributed by atoms with E-state index in [1.54, 1.807) is 31.2 Å². The van der Waals surface area contributed by atoms with Crippen molar-refractivity contribution in [3.05, 3.63) is 59.2 Å². The Hall–Kier alpha value is -3.33. The number of carbonyl (C=O) groups is 2. The number of hydrogen-bond donors (Lipinski definition) is 1. The molecule has 0 radical (unpaired) electrons. The van der Waals surface area contributed by atoms with E-state index in [1.807, 2.05) is 38.1 Å². The second kappa shape index (κ2) is 10.1. The third-order valence-electron chi connectivity index (χ3n) is 4.24. The molecule has 0 unspecified atom stereocenters. The van der Waals surface area contributed by atoms with Crippen LogP contribution < -0.4 is 10.1 Å². The van der Waals surface area contributed by atoms with Gasteiger partial charge < -0.3 is 14.8 Å². The molecule has 0 bridgehead atoms. The van der Waals surface area contributed by atoms with Crippen LogP contribution in [0.25, 0.3) is 0 Å². The number of aryl methyl sites for hydroxylation is 2. The first kappa shape index (κ1) is 21.0. The maximum atomic E-state index is 12.2. The highest BCUT2D eigenvalue weighted by atomic mass is 16.6. The molecule has 0 aliphatic carbocycles. The highest BCUT2D eigenvalue weighted by Gasteiger charge is 2.18. The lowest BCUT2D eigenvalue weighted by Crippen LogP contribution is -2.30. The minimum Gasteiger partial charge on any atom is -0.479 e. The van der Waals surface area contributed by atoms with Crippen LogP contribution in [0.5, 0.6) is 5.75 Å². The van der Waals surface area contributed by atoms with Gasteiger partial charge in [-0.25, -0.2) is 4.79 Å². The van der Waals surface area contributed by atoms with E-state index >= 15 is 0 Å². The number of rotatable bonds is 8. The van der Waals surface area contributed by atoms with Crippen molar-refractivity contribution in [1.29, 1.82) is 5.26 Å². The molecule has 1 atom stereocenters. The maximum absolute atomic E-state index is 12.2. The molecule has 0 saturated carbocycles. The van der Waals surface area contributed by atoms with Gasteiger partial charge in [-0.2, -0.15) is 5.26 Å². The zero-order valence-corrected chi connectivity index (χ0v) is 16.3. The molecule has 0 aromatic heterocycles. The molecule has 1 amide bonds. The lowest BCUT2D eigenvalue weighted by atomic mass is 10.0. The van der Waals surface area contributed by atoms with Crippen LogP contribution in [0.1, 0.15) is 37.5 Å². The summed E-state index contributed by atoms with van der Waals surface area (Å²) in [6.45, 7) is 5.19. The normalized spacial score (nSPS) is 11.2. The molecule has 6 heteroatoms. The Morgan fingerprint density at radius 2 is 1.68 bits per heavy atom. The van der Waals surface area contributed by atoms with Gasteiger partial charge in [-0.05, 0) is 55.2 Å². The van der Waals surface area contributed by atoms with Gasteiger partial charge >= 0.3 is 5.97 Å². The average Bonchev–Trinajstić information content (AvgIpc) is 2.72. The van der Waals surface area contributed by atoms with Gasteiger partial charge in [0.25, 0.3) is 5.91 Å². The number of esters is 1. The first-order valence-electron chi connectivity index (χ1n) is 9.22. The number of anilines is 1. The van der Waals surface area contributed by atoms with Gasteiger partial charge in [0.1, 0.15) is 5.75 Å². The van der Waals surface area contributed by atoms with E-state index in [-0.39, 0.29) is 6.61 Å². The van der Waals surface area contributed by atoms with Crippen LogP contribution >= 0.6 is 0 Å². The fourth-order valence-electron chi connectivity index (χ4n) is 2.69. The van der Waals surface area contributed by atoms with Crippen LogP contribution in [0.15, 0.2) is 42.5 Å². The summed E-state index contributed by atoms with van der Waals surface area (Å²) < 4.78 is 10.6. The number of benzene rings is 2. The number of hydrogen-bond acceptors (Lipinski definition) is 5. The van der Waals surface area contributed by atoms with E-state index in [9.17, 15) is 9.59 Å². The first-order valence-corrected chi connectivity index (χ1v) is 9.22. The van der Waals surface area contributed by atoms with E-state index < -0.39 is 18.0 Å². The Labute approximate surface area is 165 Å². The molecule has 0 heterocycles. The molecule has 2 aromatic rings. The summed E-state index contributed by atoms with van der Waals surface area (Å²) in [6.07, 6.45) is 0.701. The number of amides is 1. The highest BCUT2D eigenvalue weighted by Crippen LogP contribution is 2.22. The van der Waals surface area contributed by atoms with Crippen molar-refractivity contribution in [1.82, 2.24) is 0 Å². The van der Waals surface area contributed by atoms with E-state index in [0.29, 0.717) is 11.3 Å². The standard InChI is InChI=1S/C22H24N2O4/c1-4-17-7-6-8-18(5-2)21(17)24-20(25)14-27-22(26)15(3)28-19-11-9-16(13-23)10-12-19/h6-12,15H,4-5,14H2,1-3H3,(H,24,25)/t15-/m1/s1.